The van der Waals surface area contributed by atoms with E-state index in [4.69, 9.17) is 9.47 Å². The Kier molecular flexibility index (Phi) is 6.76. The van der Waals surface area contributed by atoms with Crippen molar-refractivity contribution >= 4 is 11.6 Å². The Morgan fingerprint density at radius 2 is 1.97 bits per heavy atom. The van der Waals surface area contributed by atoms with Crippen molar-refractivity contribution < 1.29 is 19.2 Å². The van der Waals surface area contributed by atoms with E-state index in [1.165, 1.54) is 29.7 Å². The third kappa shape index (κ3) is 4.85. The summed E-state index contributed by atoms with van der Waals surface area (Å²) < 4.78 is 13.0. The monoisotopic (exact) mass is 465 g/mol. The largest absolute Gasteiger partial charge is 0.493 e. The minimum Gasteiger partial charge on any atom is -0.493 e. The Balaban J connectivity index is 1.48. The van der Waals surface area contributed by atoms with Crippen LogP contribution in [0.5, 0.6) is 11.5 Å². The van der Waals surface area contributed by atoms with Crippen LogP contribution in [0, 0.1) is 17.0 Å². The number of methoxy groups -OCH3 is 1. The fraction of sp³-hybridized carbons (Fsp3) is 0.375. The van der Waals surface area contributed by atoms with Crippen LogP contribution in [0.3, 0.4) is 0 Å². The number of ether oxygens (including phenoxy) is 2. The lowest BCUT2D eigenvalue weighted by Gasteiger charge is -2.19. The lowest BCUT2D eigenvalue weighted by molar-refractivity contribution is -0.384. The molecule has 3 aromatic rings. The third-order valence-corrected chi connectivity index (χ3v) is 6.03. The summed E-state index contributed by atoms with van der Waals surface area (Å²) in [5.74, 6) is 0.928. The number of rotatable bonds is 8. The fourth-order valence-corrected chi connectivity index (χ4v) is 4.11. The topological polar surface area (TPSA) is 121 Å². The van der Waals surface area contributed by atoms with Crippen molar-refractivity contribution in [2.45, 2.75) is 51.7 Å². The molecule has 0 aliphatic heterocycles. The van der Waals surface area contributed by atoms with Gasteiger partial charge in [-0.25, -0.2) is 4.68 Å². The maximum Gasteiger partial charge on any atom is 0.274 e. The van der Waals surface area contributed by atoms with Gasteiger partial charge in [0.2, 0.25) is 0 Å². The van der Waals surface area contributed by atoms with Crippen molar-refractivity contribution in [2.24, 2.45) is 0 Å². The number of nitrogens with one attached hydrogen (secondary N) is 1. The van der Waals surface area contributed by atoms with Gasteiger partial charge in [0.05, 0.1) is 35.6 Å². The van der Waals surface area contributed by atoms with E-state index in [1.807, 2.05) is 25.1 Å². The van der Waals surface area contributed by atoms with Crippen molar-refractivity contribution in [3.05, 3.63) is 69.5 Å². The number of benzene rings is 2. The van der Waals surface area contributed by atoms with Gasteiger partial charge in [-0.05, 0) is 63.3 Å². The Morgan fingerprint density at radius 1 is 1.21 bits per heavy atom. The van der Waals surface area contributed by atoms with Crippen LogP contribution in [-0.4, -0.2) is 39.0 Å². The molecule has 10 nitrogen and oxygen atoms in total. The van der Waals surface area contributed by atoms with Crippen LogP contribution in [0.25, 0.3) is 5.69 Å². The molecule has 1 heterocycles. The molecule has 1 aromatic heterocycles. The zero-order valence-corrected chi connectivity index (χ0v) is 19.4. The molecule has 0 radical (unpaired) electrons. The summed E-state index contributed by atoms with van der Waals surface area (Å²) in [6, 6.07) is 11.3. The summed E-state index contributed by atoms with van der Waals surface area (Å²) in [5, 5.41) is 22.0. The van der Waals surface area contributed by atoms with E-state index in [1.54, 1.807) is 26.2 Å². The van der Waals surface area contributed by atoms with Crippen molar-refractivity contribution in [1.82, 2.24) is 20.3 Å². The van der Waals surface area contributed by atoms with E-state index in [-0.39, 0.29) is 23.5 Å². The molecule has 2 aromatic carbocycles. The summed E-state index contributed by atoms with van der Waals surface area (Å²) >= 11 is 0. The van der Waals surface area contributed by atoms with Gasteiger partial charge in [-0.3, -0.25) is 14.9 Å². The van der Waals surface area contributed by atoms with Crippen molar-refractivity contribution in [3.8, 4) is 17.2 Å². The number of carbonyl (C=O) groups is 1. The minimum atomic E-state index is -0.483. The van der Waals surface area contributed by atoms with Gasteiger partial charge in [-0.15, -0.1) is 5.10 Å². The standard InChI is InChI=1S/C24H27N5O5/c1-15(17-11-12-21(22(13-17)33-3)34-20-9-4-5-10-20)25-24(30)23-16(2)28(27-26-23)18-7-6-8-19(14-18)29(31)32/h6-8,11-15,20H,4-5,9-10H2,1-3H3,(H,25,30). The SMILES string of the molecule is COc1cc(C(C)NC(=O)c2nnn(-c3cccc([N+](=O)[O-])c3)c2C)ccc1OC1CCCC1. The van der Waals surface area contributed by atoms with Crippen molar-refractivity contribution in [1.29, 1.82) is 0 Å². The highest BCUT2D eigenvalue weighted by Crippen LogP contribution is 2.33. The van der Waals surface area contributed by atoms with Crippen LogP contribution in [0.15, 0.2) is 42.5 Å². The Bertz CT molecular complexity index is 1200. The van der Waals surface area contributed by atoms with E-state index < -0.39 is 10.8 Å². The van der Waals surface area contributed by atoms with E-state index in [9.17, 15) is 14.9 Å². The molecule has 1 unspecified atom stereocenters. The van der Waals surface area contributed by atoms with Gasteiger partial charge in [-0.2, -0.15) is 0 Å². The van der Waals surface area contributed by atoms with Gasteiger partial charge in [0, 0.05) is 12.1 Å². The maximum atomic E-state index is 12.9. The predicted octanol–water partition coefficient (Wildman–Crippen LogP) is 4.30. The summed E-state index contributed by atoms with van der Waals surface area (Å²) in [6.45, 7) is 3.56. The normalized spacial score (nSPS) is 14.6. The molecule has 1 N–H and O–H groups in total. The summed E-state index contributed by atoms with van der Waals surface area (Å²) in [7, 11) is 1.60. The highest BCUT2D eigenvalue weighted by atomic mass is 16.6. The first kappa shape index (κ1) is 23.2. The van der Waals surface area contributed by atoms with Gasteiger partial charge >= 0.3 is 0 Å². The molecule has 4 rings (SSSR count). The van der Waals surface area contributed by atoms with Crippen molar-refractivity contribution in [3.63, 3.8) is 0 Å². The molecule has 1 aliphatic rings. The molecule has 34 heavy (non-hydrogen) atoms. The predicted molar refractivity (Wildman–Crippen MR) is 125 cm³/mol. The lowest BCUT2D eigenvalue weighted by Crippen LogP contribution is -2.27. The smallest absolute Gasteiger partial charge is 0.274 e. The van der Waals surface area contributed by atoms with E-state index in [0.29, 0.717) is 22.9 Å². The zero-order valence-electron chi connectivity index (χ0n) is 19.4. The molecule has 1 amide bonds. The second-order valence-electron chi connectivity index (χ2n) is 8.34. The van der Waals surface area contributed by atoms with Crippen LogP contribution in [-0.2, 0) is 0 Å². The highest BCUT2D eigenvalue weighted by molar-refractivity contribution is 5.93. The molecule has 1 fully saturated rings. The lowest BCUT2D eigenvalue weighted by atomic mass is 10.1. The number of nitro groups is 1. The first-order chi connectivity index (χ1) is 16.4. The first-order valence-electron chi connectivity index (χ1n) is 11.2. The summed E-state index contributed by atoms with van der Waals surface area (Å²) in [4.78, 5) is 23.5. The summed E-state index contributed by atoms with van der Waals surface area (Å²) in [6.07, 6.45) is 4.67. The van der Waals surface area contributed by atoms with Gasteiger partial charge in [-0.1, -0.05) is 17.3 Å². The quantitative estimate of drug-likeness (QED) is 0.389. The Morgan fingerprint density at radius 3 is 2.68 bits per heavy atom. The molecular formula is C24H27N5O5. The number of nitro benzene ring substituents is 1. The van der Waals surface area contributed by atoms with Crippen LogP contribution in [0.1, 0.15) is 60.4 Å². The Hall–Kier alpha value is -3.95. The number of hydrogen-bond donors (Lipinski definition) is 1. The van der Waals surface area contributed by atoms with E-state index in [2.05, 4.69) is 15.6 Å². The molecule has 10 heteroatoms. The minimum absolute atomic E-state index is 0.0682. The van der Waals surface area contributed by atoms with Crippen LogP contribution < -0.4 is 14.8 Å². The second-order valence-corrected chi connectivity index (χ2v) is 8.34. The zero-order chi connectivity index (χ0) is 24.2. The highest BCUT2D eigenvalue weighted by Gasteiger charge is 2.22. The molecule has 178 valence electrons. The molecule has 1 aliphatic carbocycles. The van der Waals surface area contributed by atoms with Crippen LogP contribution in [0.4, 0.5) is 5.69 Å². The van der Waals surface area contributed by atoms with Crippen LogP contribution >= 0.6 is 0 Å². The first-order valence-corrected chi connectivity index (χ1v) is 11.2. The number of aromatic nitrogens is 3. The maximum absolute atomic E-state index is 12.9. The van der Waals surface area contributed by atoms with Gasteiger partial charge < -0.3 is 14.8 Å². The van der Waals surface area contributed by atoms with Gasteiger partial charge in [0.15, 0.2) is 17.2 Å². The number of non-ortho nitro benzene ring substituents is 1. The average molecular weight is 466 g/mol. The average Bonchev–Trinajstić information content (AvgIpc) is 3.48. The van der Waals surface area contributed by atoms with Gasteiger partial charge in [0.25, 0.3) is 11.6 Å². The Labute approximate surface area is 197 Å². The van der Waals surface area contributed by atoms with Crippen molar-refractivity contribution in [2.75, 3.05) is 7.11 Å². The number of nitrogens with zero attached hydrogens (tertiary/aromatic N) is 4. The molecule has 0 bridgehead atoms. The number of amides is 1. The number of carbonyl (C=O) groups excluding carboxylic acids is 1. The molecule has 1 saturated carbocycles. The molecular weight excluding hydrogens is 438 g/mol. The fourth-order valence-electron chi connectivity index (χ4n) is 4.11. The van der Waals surface area contributed by atoms with Gasteiger partial charge in [0.1, 0.15) is 0 Å². The second kappa shape index (κ2) is 9.90. The molecule has 0 saturated heterocycles. The number of hydrogen-bond acceptors (Lipinski definition) is 7. The molecule has 0 spiro atoms. The third-order valence-electron chi connectivity index (χ3n) is 6.03. The van der Waals surface area contributed by atoms with E-state index >= 15 is 0 Å². The molecule has 1 atom stereocenters. The van der Waals surface area contributed by atoms with E-state index in [0.717, 1.165) is 18.4 Å². The van der Waals surface area contributed by atoms with Crippen LogP contribution in [0.2, 0.25) is 0 Å². The summed E-state index contributed by atoms with van der Waals surface area (Å²) in [5.41, 5.74) is 1.86.